The van der Waals surface area contributed by atoms with Crippen LogP contribution in [0.4, 0.5) is 0 Å². The summed E-state index contributed by atoms with van der Waals surface area (Å²) in [6, 6.07) is 0.0798. The van der Waals surface area contributed by atoms with Crippen molar-refractivity contribution in [1.82, 2.24) is 4.90 Å². The molecule has 2 N–H and O–H groups in total. The van der Waals surface area contributed by atoms with Crippen molar-refractivity contribution >= 4 is 23.1 Å². The second-order valence-corrected chi connectivity index (χ2v) is 5.03. The lowest BCUT2D eigenvalue weighted by Crippen LogP contribution is -2.41. The Kier molecular flexibility index (Phi) is 5.80. The molecule has 1 amide bonds. The number of thiocarbonyl (C=S) groups is 1. The van der Waals surface area contributed by atoms with Crippen LogP contribution in [0.2, 0.25) is 0 Å². The third kappa shape index (κ3) is 4.60. The van der Waals surface area contributed by atoms with E-state index < -0.39 is 0 Å². The largest absolute Gasteiger partial charge is 0.393 e. The summed E-state index contributed by atoms with van der Waals surface area (Å²) in [7, 11) is 1.81. The Morgan fingerprint density at radius 1 is 1.33 bits per heavy atom. The van der Waals surface area contributed by atoms with Gasteiger partial charge in [0.2, 0.25) is 5.91 Å². The van der Waals surface area contributed by atoms with E-state index in [1.165, 1.54) is 0 Å². The molecule has 0 aromatic rings. The van der Waals surface area contributed by atoms with E-state index in [-0.39, 0.29) is 17.9 Å². The minimum atomic E-state index is 0.0452. The Balaban J connectivity index is 4.37. The average Bonchev–Trinajstić information content (AvgIpc) is 2.13. The maximum atomic E-state index is 11.9. The molecule has 15 heavy (non-hydrogen) atoms. The van der Waals surface area contributed by atoms with Crippen LogP contribution in [-0.2, 0) is 4.79 Å². The summed E-state index contributed by atoms with van der Waals surface area (Å²) in [6.07, 6.45) is 0.586. The molecule has 0 rings (SSSR count). The average molecular weight is 230 g/mol. The quantitative estimate of drug-likeness (QED) is 0.733. The molecule has 0 aromatic heterocycles. The summed E-state index contributed by atoms with van der Waals surface area (Å²) in [6.45, 7) is 8.02. The van der Waals surface area contributed by atoms with Crippen molar-refractivity contribution in [2.24, 2.45) is 17.6 Å². The zero-order chi connectivity index (χ0) is 12.2. The lowest BCUT2D eigenvalue weighted by atomic mass is 9.96. The van der Waals surface area contributed by atoms with E-state index in [2.05, 4.69) is 13.8 Å². The molecule has 88 valence electrons. The summed E-state index contributed by atoms with van der Waals surface area (Å²) in [5, 5.41) is 0. The Morgan fingerprint density at radius 2 is 1.80 bits per heavy atom. The highest BCUT2D eigenvalue weighted by atomic mass is 32.1. The SMILES string of the molecule is CC(C)C(C)C(=O)N(C)C(C)CC(N)=S. The van der Waals surface area contributed by atoms with E-state index in [1.54, 1.807) is 4.90 Å². The Hall–Kier alpha value is -0.640. The van der Waals surface area contributed by atoms with Crippen molar-refractivity contribution in [3.05, 3.63) is 0 Å². The first kappa shape index (κ1) is 14.4. The van der Waals surface area contributed by atoms with Crippen LogP contribution in [0.3, 0.4) is 0 Å². The number of carbonyl (C=O) groups is 1. The Labute approximate surface area is 98.0 Å². The molecule has 0 aliphatic heterocycles. The molecule has 0 fully saturated rings. The molecule has 0 radical (unpaired) electrons. The van der Waals surface area contributed by atoms with E-state index in [9.17, 15) is 4.79 Å². The fourth-order valence-electron chi connectivity index (χ4n) is 1.25. The van der Waals surface area contributed by atoms with Crippen LogP contribution in [-0.4, -0.2) is 28.9 Å². The number of rotatable bonds is 5. The molecule has 4 heteroatoms. The summed E-state index contributed by atoms with van der Waals surface area (Å²) in [5.74, 6) is 0.564. The summed E-state index contributed by atoms with van der Waals surface area (Å²) < 4.78 is 0. The van der Waals surface area contributed by atoms with Gasteiger partial charge in [-0.05, 0) is 12.8 Å². The fourth-order valence-corrected chi connectivity index (χ4v) is 1.49. The third-order valence-corrected chi connectivity index (χ3v) is 3.06. The van der Waals surface area contributed by atoms with Gasteiger partial charge in [-0.15, -0.1) is 0 Å². The molecule has 0 heterocycles. The second kappa shape index (κ2) is 6.05. The molecule has 2 unspecified atom stereocenters. The number of nitrogens with two attached hydrogens (primary N) is 1. The number of hydrogen-bond acceptors (Lipinski definition) is 2. The van der Waals surface area contributed by atoms with Crippen LogP contribution < -0.4 is 5.73 Å². The van der Waals surface area contributed by atoms with Gasteiger partial charge in [0, 0.05) is 25.4 Å². The van der Waals surface area contributed by atoms with Gasteiger partial charge in [-0.3, -0.25) is 4.79 Å². The first-order chi connectivity index (χ1) is 6.77. The number of hydrogen-bond donors (Lipinski definition) is 1. The molecular weight excluding hydrogens is 208 g/mol. The number of nitrogens with zero attached hydrogens (tertiary/aromatic N) is 1. The third-order valence-electron chi connectivity index (χ3n) is 2.89. The highest BCUT2D eigenvalue weighted by Gasteiger charge is 2.23. The standard InChI is InChI=1S/C11H22N2OS/c1-7(2)9(4)11(14)13(5)8(3)6-10(12)15/h7-9H,6H2,1-5H3,(H2,12,15). The van der Waals surface area contributed by atoms with Crippen molar-refractivity contribution in [3.8, 4) is 0 Å². The number of amides is 1. The van der Waals surface area contributed by atoms with Crippen LogP contribution >= 0.6 is 12.2 Å². The molecule has 0 bridgehead atoms. The van der Waals surface area contributed by atoms with Crippen molar-refractivity contribution in [3.63, 3.8) is 0 Å². The predicted octanol–water partition coefficient (Wildman–Crippen LogP) is 1.80. The van der Waals surface area contributed by atoms with Crippen molar-refractivity contribution in [1.29, 1.82) is 0 Å². The van der Waals surface area contributed by atoms with Gasteiger partial charge in [0.05, 0.1) is 4.99 Å². The lowest BCUT2D eigenvalue weighted by Gasteiger charge is -2.28. The molecule has 0 aromatic carbocycles. The minimum Gasteiger partial charge on any atom is -0.393 e. The second-order valence-electron chi connectivity index (χ2n) is 4.50. The first-order valence-corrected chi connectivity index (χ1v) is 5.73. The molecule has 0 aliphatic rings. The fraction of sp³-hybridized carbons (Fsp3) is 0.818. The zero-order valence-corrected chi connectivity index (χ0v) is 11.1. The molecular formula is C11H22N2OS. The van der Waals surface area contributed by atoms with Gasteiger partial charge in [-0.1, -0.05) is 33.0 Å². The zero-order valence-electron chi connectivity index (χ0n) is 10.3. The van der Waals surface area contributed by atoms with Gasteiger partial charge in [0.1, 0.15) is 0 Å². The Bertz CT molecular complexity index is 241. The smallest absolute Gasteiger partial charge is 0.225 e. The predicted molar refractivity (Wildman–Crippen MR) is 67.6 cm³/mol. The monoisotopic (exact) mass is 230 g/mol. The van der Waals surface area contributed by atoms with E-state index in [0.29, 0.717) is 17.3 Å². The van der Waals surface area contributed by atoms with Gasteiger partial charge < -0.3 is 10.6 Å². The molecule has 0 spiro atoms. The molecule has 0 saturated carbocycles. The van der Waals surface area contributed by atoms with Gasteiger partial charge >= 0.3 is 0 Å². The van der Waals surface area contributed by atoms with Gasteiger partial charge in [-0.25, -0.2) is 0 Å². The van der Waals surface area contributed by atoms with E-state index in [4.69, 9.17) is 18.0 Å². The van der Waals surface area contributed by atoms with Gasteiger partial charge in [-0.2, -0.15) is 0 Å². The normalized spacial score (nSPS) is 14.8. The van der Waals surface area contributed by atoms with Crippen molar-refractivity contribution < 1.29 is 4.79 Å². The van der Waals surface area contributed by atoms with Crippen LogP contribution in [0.15, 0.2) is 0 Å². The summed E-state index contributed by atoms with van der Waals surface area (Å²) in [5.41, 5.74) is 5.46. The maximum absolute atomic E-state index is 11.9. The van der Waals surface area contributed by atoms with Gasteiger partial charge in [0.15, 0.2) is 0 Å². The van der Waals surface area contributed by atoms with Gasteiger partial charge in [0.25, 0.3) is 0 Å². The summed E-state index contributed by atoms with van der Waals surface area (Å²) in [4.78, 5) is 14.1. The van der Waals surface area contributed by atoms with Crippen LogP contribution in [0.25, 0.3) is 0 Å². The molecule has 0 saturated heterocycles. The van der Waals surface area contributed by atoms with E-state index in [1.807, 2.05) is 20.9 Å². The van der Waals surface area contributed by atoms with Crippen LogP contribution in [0.5, 0.6) is 0 Å². The number of carbonyl (C=O) groups excluding carboxylic acids is 1. The van der Waals surface area contributed by atoms with Crippen molar-refractivity contribution in [2.75, 3.05) is 7.05 Å². The lowest BCUT2D eigenvalue weighted by molar-refractivity contribution is -0.136. The molecule has 2 atom stereocenters. The molecule has 0 aliphatic carbocycles. The van der Waals surface area contributed by atoms with E-state index in [0.717, 1.165) is 0 Å². The highest BCUT2D eigenvalue weighted by Crippen LogP contribution is 2.15. The van der Waals surface area contributed by atoms with E-state index >= 15 is 0 Å². The highest BCUT2D eigenvalue weighted by molar-refractivity contribution is 7.80. The molecule has 3 nitrogen and oxygen atoms in total. The Morgan fingerprint density at radius 3 is 2.13 bits per heavy atom. The first-order valence-electron chi connectivity index (χ1n) is 5.32. The minimum absolute atomic E-state index is 0.0452. The topological polar surface area (TPSA) is 46.3 Å². The maximum Gasteiger partial charge on any atom is 0.225 e. The van der Waals surface area contributed by atoms with Crippen LogP contribution in [0.1, 0.15) is 34.1 Å². The van der Waals surface area contributed by atoms with Crippen LogP contribution in [0, 0.1) is 11.8 Å². The summed E-state index contributed by atoms with van der Waals surface area (Å²) >= 11 is 4.83. The van der Waals surface area contributed by atoms with Crippen molar-refractivity contribution in [2.45, 2.75) is 40.2 Å².